The van der Waals surface area contributed by atoms with Crippen molar-refractivity contribution in [2.45, 2.75) is 13.8 Å². The molecule has 4 heteroatoms. The number of nitrogens with one attached hydrogen (secondary N) is 1. The predicted molar refractivity (Wildman–Crippen MR) is 64.3 cm³/mol. The molecule has 0 bridgehead atoms. The quantitative estimate of drug-likeness (QED) is 0.764. The highest BCUT2D eigenvalue weighted by Crippen LogP contribution is 2.21. The van der Waals surface area contributed by atoms with Gasteiger partial charge in [-0.25, -0.2) is 9.37 Å². The van der Waals surface area contributed by atoms with Crippen molar-refractivity contribution < 1.29 is 4.39 Å². The van der Waals surface area contributed by atoms with Crippen LogP contribution in [0.15, 0.2) is 24.3 Å². The van der Waals surface area contributed by atoms with Crippen LogP contribution in [0, 0.1) is 24.3 Å². The molecule has 2 rings (SSSR count). The highest BCUT2D eigenvalue weighted by atomic mass is 32.1. The molecule has 0 atom stereocenters. The van der Waals surface area contributed by atoms with Gasteiger partial charge in [0.2, 0.25) is 0 Å². The van der Waals surface area contributed by atoms with Crippen LogP contribution in [-0.4, -0.2) is 9.97 Å². The van der Waals surface area contributed by atoms with Gasteiger partial charge in [0, 0.05) is 5.56 Å². The average Bonchev–Trinajstić information content (AvgIpc) is 2.20. The van der Waals surface area contributed by atoms with E-state index in [4.69, 9.17) is 12.2 Å². The van der Waals surface area contributed by atoms with Gasteiger partial charge in [-0.05, 0) is 32.0 Å². The van der Waals surface area contributed by atoms with E-state index in [0.29, 0.717) is 21.7 Å². The smallest absolute Gasteiger partial charge is 0.132 e. The van der Waals surface area contributed by atoms with Gasteiger partial charge in [0.1, 0.15) is 16.3 Å². The van der Waals surface area contributed by atoms with Crippen molar-refractivity contribution in [2.24, 2.45) is 0 Å². The lowest BCUT2D eigenvalue weighted by molar-refractivity contribution is 0.630. The summed E-state index contributed by atoms with van der Waals surface area (Å²) in [6.07, 6.45) is 0. The summed E-state index contributed by atoms with van der Waals surface area (Å²) in [5, 5.41) is 0. The SMILES string of the molecule is Cc1ccc(F)c(-c2cc(=S)nc(C)[nH]2)c1. The van der Waals surface area contributed by atoms with Gasteiger partial charge >= 0.3 is 0 Å². The van der Waals surface area contributed by atoms with Crippen molar-refractivity contribution in [2.75, 3.05) is 0 Å². The molecule has 2 nitrogen and oxygen atoms in total. The minimum absolute atomic E-state index is 0.262. The van der Waals surface area contributed by atoms with Crippen molar-refractivity contribution >= 4 is 12.2 Å². The van der Waals surface area contributed by atoms with E-state index in [-0.39, 0.29) is 5.82 Å². The summed E-state index contributed by atoms with van der Waals surface area (Å²) < 4.78 is 14.1. The summed E-state index contributed by atoms with van der Waals surface area (Å²) in [6, 6.07) is 6.65. The first kappa shape index (κ1) is 11.0. The molecule has 0 radical (unpaired) electrons. The maximum atomic E-state index is 13.6. The average molecular weight is 234 g/mol. The molecular formula is C12H11FN2S. The molecule has 1 heterocycles. The molecule has 0 saturated heterocycles. The molecule has 0 aliphatic carbocycles. The number of hydrogen-bond donors (Lipinski definition) is 1. The Labute approximate surface area is 98.2 Å². The molecule has 1 aromatic carbocycles. The number of aromatic nitrogens is 2. The number of nitrogens with zero attached hydrogens (tertiary/aromatic N) is 1. The van der Waals surface area contributed by atoms with E-state index in [1.807, 2.05) is 6.92 Å². The fraction of sp³-hybridized carbons (Fsp3) is 0.167. The third-order valence-corrected chi connectivity index (χ3v) is 2.48. The predicted octanol–water partition coefficient (Wildman–Crippen LogP) is 3.56. The number of hydrogen-bond acceptors (Lipinski definition) is 2. The molecule has 0 aliphatic heterocycles. The lowest BCUT2D eigenvalue weighted by Crippen LogP contribution is -1.94. The molecular weight excluding hydrogens is 223 g/mol. The zero-order valence-electron chi connectivity index (χ0n) is 9.04. The Morgan fingerprint density at radius 3 is 2.69 bits per heavy atom. The number of aryl methyl sites for hydroxylation is 2. The van der Waals surface area contributed by atoms with Crippen LogP contribution >= 0.6 is 12.2 Å². The Morgan fingerprint density at radius 2 is 2.00 bits per heavy atom. The number of halogens is 1. The van der Waals surface area contributed by atoms with E-state index in [1.54, 1.807) is 25.1 Å². The maximum absolute atomic E-state index is 13.6. The summed E-state index contributed by atoms with van der Waals surface area (Å²) in [7, 11) is 0. The molecule has 0 fully saturated rings. The molecule has 2 aromatic rings. The van der Waals surface area contributed by atoms with Crippen LogP contribution in [0.1, 0.15) is 11.4 Å². The summed E-state index contributed by atoms with van der Waals surface area (Å²) in [4.78, 5) is 7.06. The van der Waals surface area contributed by atoms with Gasteiger partial charge in [-0.3, -0.25) is 0 Å². The van der Waals surface area contributed by atoms with Crippen LogP contribution in [0.2, 0.25) is 0 Å². The van der Waals surface area contributed by atoms with Crippen LogP contribution in [-0.2, 0) is 0 Å². The Hall–Kier alpha value is -1.55. The van der Waals surface area contributed by atoms with E-state index in [2.05, 4.69) is 9.97 Å². The number of benzene rings is 1. The van der Waals surface area contributed by atoms with Crippen molar-refractivity contribution in [3.63, 3.8) is 0 Å². The Bertz CT molecular complexity index is 590. The summed E-state index contributed by atoms with van der Waals surface area (Å²) in [5.41, 5.74) is 2.19. The van der Waals surface area contributed by atoms with Gasteiger partial charge in [-0.2, -0.15) is 0 Å². The van der Waals surface area contributed by atoms with Crippen molar-refractivity contribution in [1.82, 2.24) is 9.97 Å². The normalized spacial score (nSPS) is 10.4. The van der Waals surface area contributed by atoms with Gasteiger partial charge in [0.15, 0.2) is 0 Å². The standard InChI is InChI=1S/C12H11FN2S/c1-7-3-4-10(13)9(5-7)11-6-12(16)15-8(2)14-11/h3-6H,1-2H3,(H,14,15,16). The van der Waals surface area contributed by atoms with E-state index < -0.39 is 0 Å². The summed E-state index contributed by atoms with van der Waals surface area (Å²) >= 11 is 5.01. The second-order valence-electron chi connectivity index (χ2n) is 3.70. The van der Waals surface area contributed by atoms with Crippen molar-refractivity contribution in [1.29, 1.82) is 0 Å². The van der Waals surface area contributed by atoms with Crippen LogP contribution in [0.3, 0.4) is 0 Å². The van der Waals surface area contributed by atoms with Gasteiger partial charge in [0.05, 0.1) is 5.69 Å². The topological polar surface area (TPSA) is 28.7 Å². The molecule has 82 valence electrons. The van der Waals surface area contributed by atoms with E-state index >= 15 is 0 Å². The molecule has 0 spiro atoms. The first-order valence-corrected chi connectivity index (χ1v) is 5.31. The number of H-pyrrole nitrogens is 1. The van der Waals surface area contributed by atoms with Crippen LogP contribution in [0.5, 0.6) is 0 Å². The Balaban J connectivity index is 2.66. The second-order valence-corrected chi connectivity index (χ2v) is 4.12. The second kappa shape index (κ2) is 4.14. The third-order valence-electron chi connectivity index (χ3n) is 2.27. The Kier molecular flexibility index (Phi) is 2.83. The molecule has 0 aliphatic rings. The van der Waals surface area contributed by atoms with Gasteiger partial charge < -0.3 is 4.98 Å². The summed E-state index contributed by atoms with van der Waals surface area (Å²) in [5.74, 6) is 0.422. The van der Waals surface area contributed by atoms with Gasteiger partial charge in [-0.1, -0.05) is 23.8 Å². The fourth-order valence-electron chi connectivity index (χ4n) is 1.57. The maximum Gasteiger partial charge on any atom is 0.132 e. The van der Waals surface area contributed by atoms with Crippen molar-refractivity contribution in [3.8, 4) is 11.3 Å². The first-order valence-electron chi connectivity index (χ1n) is 4.91. The fourth-order valence-corrected chi connectivity index (χ4v) is 1.83. The minimum Gasteiger partial charge on any atom is -0.343 e. The third kappa shape index (κ3) is 2.17. The largest absolute Gasteiger partial charge is 0.343 e. The minimum atomic E-state index is -0.262. The molecule has 0 saturated carbocycles. The monoisotopic (exact) mass is 234 g/mol. The van der Waals surface area contributed by atoms with Crippen LogP contribution in [0.25, 0.3) is 11.3 Å². The Morgan fingerprint density at radius 1 is 1.25 bits per heavy atom. The number of aromatic amines is 1. The zero-order valence-corrected chi connectivity index (χ0v) is 9.86. The summed E-state index contributed by atoms with van der Waals surface area (Å²) in [6.45, 7) is 3.72. The molecule has 1 aromatic heterocycles. The van der Waals surface area contributed by atoms with Crippen molar-refractivity contribution in [3.05, 3.63) is 46.1 Å². The van der Waals surface area contributed by atoms with E-state index in [9.17, 15) is 4.39 Å². The zero-order chi connectivity index (χ0) is 11.7. The van der Waals surface area contributed by atoms with Gasteiger partial charge in [-0.15, -0.1) is 0 Å². The lowest BCUT2D eigenvalue weighted by Gasteiger charge is -2.05. The van der Waals surface area contributed by atoms with E-state index in [1.165, 1.54) is 6.07 Å². The first-order chi connectivity index (χ1) is 7.56. The van der Waals surface area contributed by atoms with E-state index in [0.717, 1.165) is 5.56 Å². The molecule has 1 N–H and O–H groups in total. The van der Waals surface area contributed by atoms with Gasteiger partial charge in [0.25, 0.3) is 0 Å². The van der Waals surface area contributed by atoms with Crippen LogP contribution in [0.4, 0.5) is 4.39 Å². The highest BCUT2D eigenvalue weighted by Gasteiger charge is 2.06. The highest BCUT2D eigenvalue weighted by molar-refractivity contribution is 7.71. The molecule has 0 unspecified atom stereocenters. The molecule has 0 amide bonds. The molecule has 16 heavy (non-hydrogen) atoms. The van der Waals surface area contributed by atoms with Crippen LogP contribution < -0.4 is 0 Å². The lowest BCUT2D eigenvalue weighted by atomic mass is 10.1. The number of rotatable bonds is 1.